The van der Waals surface area contributed by atoms with Crippen molar-refractivity contribution in [3.05, 3.63) is 35.9 Å². The average Bonchev–Trinajstić information content (AvgIpc) is 2.44. The van der Waals surface area contributed by atoms with Gasteiger partial charge in [0.25, 0.3) is 0 Å². The number of alkyl halides is 1. The summed E-state index contributed by atoms with van der Waals surface area (Å²) in [5.74, 6) is 0. The Morgan fingerprint density at radius 1 is 1.24 bits per heavy atom. The minimum atomic E-state index is -0.457. The number of ether oxygens (including phenoxy) is 1. The third kappa shape index (κ3) is 3.04. The molecule has 1 aromatic carbocycles. The SMILES string of the molecule is O=C(NCC1(CF)CC2(CCC2)C1)OCc1ccccc1. The molecule has 0 radical (unpaired) electrons. The maximum absolute atomic E-state index is 13.3. The van der Waals surface area contributed by atoms with Crippen LogP contribution in [0.3, 0.4) is 0 Å². The zero-order valence-corrected chi connectivity index (χ0v) is 12.2. The number of hydrogen-bond acceptors (Lipinski definition) is 2. The second kappa shape index (κ2) is 5.66. The van der Waals surface area contributed by atoms with Crippen LogP contribution in [0.1, 0.15) is 37.7 Å². The standard InChI is InChI=1S/C17H22FNO2/c18-12-17(10-16(11-17)7-4-8-16)13-19-15(20)21-9-14-5-2-1-3-6-14/h1-3,5-6H,4,7-13H2,(H,19,20). The lowest BCUT2D eigenvalue weighted by Gasteiger charge is -2.60. The first-order valence-electron chi connectivity index (χ1n) is 7.66. The van der Waals surface area contributed by atoms with E-state index < -0.39 is 6.09 Å². The summed E-state index contributed by atoms with van der Waals surface area (Å²) in [6.45, 7) is 0.284. The van der Waals surface area contributed by atoms with Crippen LogP contribution in [-0.4, -0.2) is 19.3 Å². The van der Waals surface area contributed by atoms with Gasteiger partial charge in [0, 0.05) is 12.0 Å². The van der Waals surface area contributed by atoms with E-state index in [1.165, 1.54) is 19.3 Å². The van der Waals surface area contributed by atoms with Crippen molar-refractivity contribution in [3.8, 4) is 0 Å². The van der Waals surface area contributed by atoms with E-state index in [4.69, 9.17) is 4.74 Å². The summed E-state index contributed by atoms with van der Waals surface area (Å²) < 4.78 is 18.5. The molecule has 0 aliphatic heterocycles. The smallest absolute Gasteiger partial charge is 0.407 e. The van der Waals surface area contributed by atoms with Crippen LogP contribution in [0, 0.1) is 10.8 Å². The molecule has 0 aromatic heterocycles. The summed E-state index contributed by atoms with van der Waals surface area (Å²) in [4.78, 5) is 11.7. The second-order valence-corrected chi connectivity index (χ2v) is 6.76. The Morgan fingerprint density at radius 2 is 1.95 bits per heavy atom. The highest BCUT2D eigenvalue weighted by atomic mass is 19.1. The van der Waals surface area contributed by atoms with Gasteiger partial charge in [0.05, 0.1) is 6.67 Å². The number of carbonyl (C=O) groups is 1. The van der Waals surface area contributed by atoms with Crippen LogP contribution in [0.4, 0.5) is 9.18 Å². The first-order valence-corrected chi connectivity index (χ1v) is 7.66. The van der Waals surface area contributed by atoms with Gasteiger partial charge in [-0.1, -0.05) is 36.8 Å². The fourth-order valence-corrected chi connectivity index (χ4v) is 3.87. The minimum Gasteiger partial charge on any atom is -0.445 e. The van der Waals surface area contributed by atoms with Crippen LogP contribution in [0.5, 0.6) is 0 Å². The van der Waals surface area contributed by atoms with Crippen molar-refractivity contribution in [2.75, 3.05) is 13.2 Å². The second-order valence-electron chi connectivity index (χ2n) is 6.76. The van der Waals surface area contributed by atoms with E-state index >= 15 is 0 Å². The molecule has 1 spiro atoms. The Labute approximate surface area is 124 Å². The van der Waals surface area contributed by atoms with Gasteiger partial charge in [0.15, 0.2) is 0 Å². The minimum absolute atomic E-state index is 0.249. The molecule has 3 nitrogen and oxygen atoms in total. The molecule has 2 fully saturated rings. The number of rotatable bonds is 5. The predicted molar refractivity (Wildman–Crippen MR) is 78.6 cm³/mol. The molecule has 21 heavy (non-hydrogen) atoms. The van der Waals surface area contributed by atoms with Gasteiger partial charge in [-0.25, -0.2) is 4.79 Å². The lowest BCUT2D eigenvalue weighted by Crippen LogP contribution is -2.56. The summed E-state index contributed by atoms with van der Waals surface area (Å²) in [6.07, 6.45) is 5.10. The van der Waals surface area contributed by atoms with Gasteiger partial charge in [-0.2, -0.15) is 0 Å². The van der Waals surface area contributed by atoms with E-state index in [-0.39, 0.29) is 18.7 Å². The van der Waals surface area contributed by atoms with E-state index in [1.54, 1.807) is 0 Å². The Kier molecular flexibility index (Phi) is 3.87. The molecule has 0 atom stereocenters. The third-order valence-electron chi connectivity index (χ3n) is 5.02. The van der Waals surface area contributed by atoms with Gasteiger partial charge in [0.1, 0.15) is 6.61 Å². The number of amides is 1. The van der Waals surface area contributed by atoms with E-state index in [1.807, 2.05) is 30.3 Å². The summed E-state index contributed by atoms with van der Waals surface area (Å²) in [7, 11) is 0. The van der Waals surface area contributed by atoms with Gasteiger partial charge < -0.3 is 10.1 Å². The molecule has 2 saturated carbocycles. The first kappa shape index (κ1) is 14.4. The van der Waals surface area contributed by atoms with Crippen molar-refractivity contribution < 1.29 is 13.9 Å². The van der Waals surface area contributed by atoms with E-state index in [2.05, 4.69) is 5.32 Å². The molecule has 2 aliphatic rings. The summed E-state index contributed by atoms with van der Waals surface area (Å²) >= 11 is 0. The molecule has 0 saturated heterocycles. The van der Waals surface area contributed by atoms with Crippen LogP contribution in [0.2, 0.25) is 0 Å². The number of hydrogen-bond donors (Lipinski definition) is 1. The van der Waals surface area contributed by atoms with Gasteiger partial charge in [-0.05, 0) is 36.7 Å². The van der Waals surface area contributed by atoms with Crippen molar-refractivity contribution >= 4 is 6.09 Å². The maximum atomic E-state index is 13.3. The molecule has 2 aliphatic carbocycles. The Morgan fingerprint density at radius 3 is 2.52 bits per heavy atom. The van der Waals surface area contributed by atoms with E-state index in [0.29, 0.717) is 12.0 Å². The van der Waals surface area contributed by atoms with Crippen molar-refractivity contribution in [1.82, 2.24) is 5.32 Å². The zero-order valence-electron chi connectivity index (χ0n) is 12.2. The quantitative estimate of drug-likeness (QED) is 0.895. The first-order chi connectivity index (χ1) is 10.2. The number of carbonyl (C=O) groups excluding carboxylic acids is 1. The third-order valence-corrected chi connectivity index (χ3v) is 5.02. The highest BCUT2D eigenvalue weighted by Gasteiger charge is 2.56. The van der Waals surface area contributed by atoms with Gasteiger partial charge in [-0.3, -0.25) is 4.39 Å². The molecular formula is C17H22FNO2. The molecule has 114 valence electrons. The fraction of sp³-hybridized carbons (Fsp3) is 0.588. The monoisotopic (exact) mass is 291 g/mol. The largest absolute Gasteiger partial charge is 0.445 e. The molecule has 1 aromatic rings. The van der Waals surface area contributed by atoms with E-state index in [9.17, 15) is 9.18 Å². The van der Waals surface area contributed by atoms with Crippen LogP contribution in [-0.2, 0) is 11.3 Å². The number of alkyl carbamates (subject to hydrolysis) is 1. The van der Waals surface area contributed by atoms with Crippen molar-refractivity contribution in [2.24, 2.45) is 10.8 Å². The Hall–Kier alpha value is -1.58. The van der Waals surface area contributed by atoms with E-state index in [0.717, 1.165) is 18.4 Å². The maximum Gasteiger partial charge on any atom is 0.407 e. The zero-order chi connectivity index (χ0) is 14.8. The number of benzene rings is 1. The lowest BCUT2D eigenvalue weighted by atomic mass is 9.45. The van der Waals surface area contributed by atoms with Gasteiger partial charge >= 0.3 is 6.09 Å². The summed E-state index contributed by atoms with van der Waals surface area (Å²) in [6, 6.07) is 9.54. The molecule has 1 amide bonds. The molecule has 0 heterocycles. The van der Waals surface area contributed by atoms with Crippen molar-refractivity contribution in [3.63, 3.8) is 0 Å². The lowest BCUT2D eigenvalue weighted by molar-refractivity contribution is -0.105. The molecule has 4 heteroatoms. The van der Waals surface area contributed by atoms with Gasteiger partial charge in [0.2, 0.25) is 0 Å². The highest BCUT2D eigenvalue weighted by molar-refractivity contribution is 5.67. The molecule has 1 N–H and O–H groups in total. The fourth-order valence-electron chi connectivity index (χ4n) is 3.87. The summed E-state index contributed by atoms with van der Waals surface area (Å²) in [5.41, 5.74) is 1.01. The van der Waals surface area contributed by atoms with Crippen LogP contribution >= 0.6 is 0 Å². The van der Waals surface area contributed by atoms with Crippen LogP contribution in [0.15, 0.2) is 30.3 Å². The molecule has 0 bridgehead atoms. The van der Waals surface area contributed by atoms with Crippen LogP contribution < -0.4 is 5.32 Å². The molecule has 3 rings (SSSR count). The normalized spacial score (nSPS) is 21.2. The Bertz CT molecular complexity index is 491. The topological polar surface area (TPSA) is 38.3 Å². The number of nitrogens with one attached hydrogen (secondary N) is 1. The van der Waals surface area contributed by atoms with Crippen LogP contribution in [0.25, 0.3) is 0 Å². The Balaban J connectivity index is 1.41. The van der Waals surface area contributed by atoms with Gasteiger partial charge in [-0.15, -0.1) is 0 Å². The molecule has 0 unspecified atom stereocenters. The highest BCUT2D eigenvalue weighted by Crippen LogP contribution is 2.64. The summed E-state index contributed by atoms with van der Waals surface area (Å²) in [5, 5.41) is 2.73. The predicted octanol–water partition coefficient (Wildman–Crippen LogP) is 3.83. The number of halogens is 1. The average molecular weight is 291 g/mol. The van der Waals surface area contributed by atoms with Crippen molar-refractivity contribution in [1.29, 1.82) is 0 Å². The van der Waals surface area contributed by atoms with Crippen molar-refractivity contribution in [2.45, 2.75) is 38.7 Å². The molecular weight excluding hydrogens is 269 g/mol.